The zero-order chi connectivity index (χ0) is 19.8. The average Bonchev–Trinajstić information content (AvgIpc) is 3.22. The third-order valence-corrected chi connectivity index (χ3v) is 5.26. The number of hydrogen-bond acceptors (Lipinski definition) is 6. The van der Waals surface area contributed by atoms with Gasteiger partial charge < -0.3 is 29.0 Å². The van der Waals surface area contributed by atoms with Gasteiger partial charge in [-0.25, -0.2) is 0 Å². The van der Waals surface area contributed by atoms with Crippen LogP contribution >= 0.6 is 0 Å². The topological polar surface area (TPSA) is 75.3 Å². The molecule has 2 aliphatic rings. The van der Waals surface area contributed by atoms with E-state index in [-0.39, 0.29) is 30.8 Å². The predicted molar refractivity (Wildman–Crippen MR) is 104 cm³/mol. The van der Waals surface area contributed by atoms with Crippen molar-refractivity contribution < 1.29 is 28.5 Å². The number of nitrogens with one attached hydrogen (secondary N) is 1. The van der Waals surface area contributed by atoms with Gasteiger partial charge in [-0.05, 0) is 50.7 Å². The van der Waals surface area contributed by atoms with Crippen LogP contribution in [0.5, 0.6) is 17.2 Å². The zero-order valence-electron chi connectivity index (χ0n) is 16.8. The number of methoxy groups -OCH3 is 2. The lowest BCUT2D eigenvalue weighted by Gasteiger charge is -2.30. The fourth-order valence-electron chi connectivity index (χ4n) is 3.78. The van der Waals surface area contributed by atoms with E-state index in [2.05, 4.69) is 5.32 Å². The van der Waals surface area contributed by atoms with E-state index in [9.17, 15) is 4.79 Å². The van der Waals surface area contributed by atoms with E-state index < -0.39 is 0 Å². The normalized spacial score (nSPS) is 24.6. The molecule has 7 heteroatoms. The summed E-state index contributed by atoms with van der Waals surface area (Å²) in [6.07, 6.45) is 5.86. The monoisotopic (exact) mass is 393 g/mol. The van der Waals surface area contributed by atoms with Crippen LogP contribution in [0.15, 0.2) is 18.2 Å². The highest BCUT2D eigenvalue weighted by Crippen LogP contribution is 2.38. The van der Waals surface area contributed by atoms with Gasteiger partial charge in [0.1, 0.15) is 6.61 Å². The van der Waals surface area contributed by atoms with E-state index in [1.165, 1.54) is 0 Å². The Morgan fingerprint density at radius 2 is 1.89 bits per heavy atom. The number of rotatable bonds is 9. The van der Waals surface area contributed by atoms with Crippen molar-refractivity contribution in [2.24, 2.45) is 0 Å². The van der Waals surface area contributed by atoms with E-state index >= 15 is 0 Å². The summed E-state index contributed by atoms with van der Waals surface area (Å²) in [5.41, 5.74) is 0. The number of para-hydroxylation sites is 1. The molecule has 1 aliphatic carbocycles. The molecule has 0 bridgehead atoms. The van der Waals surface area contributed by atoms with Crippen LogP contribution in [0.3, 0.4) is 0 Å². The molecule has 0 aromatic heterocycles. The van der Waals surface area contributed by atoms with Crippen LogP contribution in [0.1, 0.15) is 38.5 Å². The molecule has 0 spiro atoms. The molecule has 0 radical (unpaired) electrons. The highest BCUT2D eigenvalue weighted by Gasteiger charge is 2.25. The molecular weight excluding hydrogens is 362 g/mol. The van der Waals surface area contributed by atoms with Gasteiger partial charge in [0.05, 0.1) is 33.0 Å². The van der Waals surface area contributed by atoms with Crippen LogP contribution in [0.2, 0.25) is 0 Å². The van der Waals surface area contributed by atoms with E-state index in [4.69, 9.17) is 23.7 Å². The minimum Gasteiger partial charge on any atom is -0.493 e. The maximum Gasteiger partial charge on any atom is 0.246 e. The van der Waals surface area contributed by atoms with Crippen LogP contribution in [0.4, 0.5) is 0 Å². The average molecular weight is 393 g/mol. The Morgan fingerprint density at radius 1 is 1.11 bits per heavy atom. The second kappa shape index (κ2) is 10.5. The van der Waals surface area contributed by atoms with Crippen LogP contribution < -0.4 is 19.5 Å². The molecule has 156 valence electrons. The van der Waals surface area contributed by atoms with Gasteiger partial charge in [0.25, 0.3) is 0 Å². The Labute approximate surface area is 166 Å². The quantitative estimate of drug-likeness (QED) is 0.695. The van der Waals surface area contributed by atoms with E-state index in [0.29, 0.717) is 23.9 Å². The number of carbonyl (C=O) groups excluding carboxylic acids is 1. The molecule has 1 aromatic carbocycles. The molecule has 2 fully saturated rings. The molecule has 1 N–H and O–H groups in total. The van der Waals surface area contributed by atoms with Crippen molar-refractivity contribution in [1.82, 2.24) is 5.32 Å². The summed E-state index contributed by atoms with van der Waals surface area (Å²) in [5.74, 6) is 1.90. The van der Waals surface area contributed by atoms with Gasteiger partial charge in [0.15, 0.2) is 11.5 Å². The first-order chi connectivity index (χ1) is 13.7. The minimum absolute atomic E-state index is 0.0585. The Morgan fingerprint density at radius 3 is 2.57 bits per heavy atom. The van der Waals surface area contributed by atoms with Gasteiger partial charge in [0.2, 0.25) is 11.7 Å². The summed E-state index contributed by atoms with van der Waals surface area (Å²) in [4.78, 5) is 12.1. The molecule has 1 amide bonds. The lowest BCUT2D eigenvalue weighted by atomic mass is 9.93. The second-order valence-electron chi connectivity index (χ2n) is 7.30. The van der Waals surface area contributed by atoms with E-state index in [1.807, 2.05) is 18.2 Å². The van der Waals surface area contributed by atoms with Crippen molar-refractivity contribution in [1.29, 1.82) is 0 Å². The van der Waals surface area contributed by atoms with Gasteiger partial charge >= 0.3 is 0 Å². The maximum atomic E-state index is 12.1. The number of benzene rings is 1. The highest BCUT2D eigenvalue weighted by atomic mass is 16.5. The molecular formula is C21H31NO6. The first-order valence-corrected chi connectivity index (χ1v) is 10.1. The molecule has 7 nitrogen and oxygen atoms in total. The molecule has 1 heterocycles. The first-order valence-electron chi connectivity index (χ1n) is 10.1. The van der Waals surface area contributed by atoms with Crippen molar-refractivity contribution in [2.45, 2.75) is 56.8 Å². The summed E-state index contributed by atoms with van der Waals surface area (Å²) in [6.45, 7) is 1.39. The standard InChI is InChI=1S/C21H31NO6/c1-24-18-6-3-7-19(21(18)25-2)28-16-10-8-15(9-11-16)22-20(23)14-26-13-17-5-4-12-27-17/h3,6-7,15-17H,4-5,8-14H2,1-2H3,(H,22,23). The molecule has 1 saturated carbocycles. The van der Waals surface area contributed by atoms with E-state index in [0.717, 1.165) is 45.1 Å². The zero-order valence-corrected chi connectivity index (χ0v) is 16.8. The molecule has 3 rings (SSSR count). The molecule has 1 aliphatic heterocycles. The van der Waals surface area contributed by atoms with Crippen LogP contribution in [0.25, 0.3) is 0 Å². The fourth-order valence-corrected chi connectivity index (χ4v) is 3.78. The third kappa shape index (κ3) is 5.75. The summed E-state index contributed by atoms with van der Waals surface area (Å²) in [7, 11) is 3.22. The molecule has 1 saturated heterocycles. The van der Waals surface area contributed by atoms with Gasteiger partial charge in [-0.2, -0.15) is 0 Å². The van der Waals surface area contributed by atoms with Crippen molar-refractivity contribution in [3.63, 3.8) is 0 Å². The summed E-state index contributed by atoms with van der Waals surface area (Å²) >= 11 is 0. The van der Waals surface area contributed by atoms with Gasteiger partial charge in [-0.1, -0.05) is 6.07 Å². The SMILES string of the molecule is COc1cccc(OC2CCC(NC(=O)COCC3CCCO3)CC2)c1OC. The second-order valence-corrected chi connectivity index (χ2v) is 7.30. The predicted octanol–water partition coefficient (Wildman–Crippen LogP) is 2.71. The molecule has 1 atom stereocenters. The summed E-state index contributed by atoms with van der Waals surface area (Å²) in [5, 5.41) is 3.06. The van der Waals surface area contributed by atoms with Gasteiger partial charge in [-0.3, -0.25) is 4.79 Å². The molecule has 1 unspecified atom stereocenters. The van der Waals surface area contributed by atoms with Gasteiger partial charge in [0, 0.05) is 12.6 Å². The summed E-state index contributed by atoms with van der Waals surface area (Å²) < 4.78 is 27.9. The largest absolute Gasteiger partial charge is 0.493 e. The Balaban J connectivity index is 1.38. The number of hydrogen-bond donors (Lipinski definition) is 1. The first kappa shape index (κ1) is 20.7. The van der Waals surface area contributed by atoms with Crippen LogP contribution in [0, 0.1) is 0 Å². The van der Waals surface area contributed by atoms with Crippen molar-refractivity contribution >= 4 is 5.91 Å². The molecule has 28 heavy (non-hydrogen) atoms. The van der Waals surface area contributed by atoms with Crippen LogP contribution in [-0.4, -0.2) is 58.2 Å². The minimum atomic E-state index is -0.0585. The third-order valence-electron chi connectivity index (χ3n) is 5.26. The Bertz CT molecular complexity index is 623. The lowest BCUT2D eigenvalue weighted by Crippen LogP contribution is -2.41. The number of ether oxygens (including phenoxy) is 5. The van der Waals surface area contributed by atoms with Crippen molar-refractivity contribution in [3.05, 3.63) is 18.2 Å². The lowest BCUT2D eigenvalue weighted by molar-refractivity contribution is -0.127. The van der Waals surface area contributed by atoms with Crippen LogP contribution in [-0.2, 0) is 14.3 Å². The number of amides is 1. The Hall–Kier alpha value is -1.99. The fraction of sp³-hybridized carbons (Fsp3) is 0.667. The molecule has 1 aromatic rings. The van der Waals surface area contributed by atoms with Crippen molar-refractivity contribution in [2.75, 3.05) is 34.0 Å². The van der Waals surface area contributed by atoms with E-state index in [1.54, 1.807) is 14.2 Å². The highest BCUT2D eigenvalue weighted by molar-refractivity contribution is 5.77. The smallest absolute Gasteiger partial charge is 0.246 e. The maximum absolute atomic E-state index is 12.1. The summed E-state index contributed by atoms with van der Waals surface area (Å²) in [6, 6.07) is 5.80. The number of carbonyl (C=O) groups is 1. The Kier molecular flexibility index (Phi) is 7.80. The van der Waals surface area contributed by atoms with Gasteiger partial charge in [-0.15, -0.1) is 0 Å². The van der Waals surface area contributed by atoms with Crippen molar-refractivity contribution in [3.8, 4) is 17.2 Å².